The van der Waals surface area contributed by atoms with Gasteiger partial charge in [0.2, 0.25) is 5.91 Å². The van der Waals surface area contributed by atoms with Crippen molar-refractivity contribution in [2.45, 2.75) is 45.2 Å². The number of nitrogens with two attached hydrogens (primary N) is 1. The maximum absolute atomic E-state index is 12.0. The summed E-state index contributed by atoms with van der Waals surface area (Å²) in [7, 11) is 0. The number of alkyl halides is 3. The molecule has 0 heterocycles. The van der Waals surface area contributed by atoms with Gasteiger partial charge in [-0.05, 0) is 31.6 Å². The molecule has 19 heavy (non-hydrogen) atoms. The number of hydrogen-bond acceptors (Lipinski definition) is 2. The summed E-state index contributed by atoms with van der Waals surface area (Å²) in [6.07, 6.45) is -3.39. The maximum atomic E-state index is 12.0. The molecule has 1 aliphatic carbocycles. The topological polar surface area (TPSA) is 55.1 Å². The summed E-state index contributed by atoms with van der Waals surface area (Å²) in [6.45, 7) is 2.24. The van der Waals surface area contributed by atoms with Crippen LogP contribution in [0.3, 0.4) is 0 Å². The van der Waals surface area contributed by atoms with Crippen molar-refractivity contribution in [3.63, 3.8) is 0 Å². The van der Waals surface area contributed by atoms with E-state index in [4.69, 9.17) is 18.0 Å². The zero-order valence-electron chi connectivity index (χ0n) is 10.8. The normalized spacial score (nSPS) is 26.6. The van der Waals surface area contributed by atoms with Gasteiger partial charge in [0.05, 0.1) is 10.4 Å². The third-order valence-corrected chi connectivity index (χ3v) is 3.86. The Morgan fingerprint density at radius 2 is 2.00 bits per heavy atom. The lowest BCUT2D eigenvalue weighted by molar-refractivity contribution is -0.135. The highest BCUT2D eigenvalue weighted by atomic mass is 32.1. The van der Waals surface area contributed by atoms with Crippen LogP contribution in [0.5, 0.6) is 0 Å². The summed E-state index contributed by atoms with van der Waals surface area (Å²) in [5.41, 5.74) is 4.83. The zero-order valence-corrected chi connectivity index (χ0v) is 11.7. The van der Waals surface area contributed by atoms with E-state index in [1.54, 1.807) is 0 Å². The van der Waals surface area contributed by atoms with Gasteiger partial charge in [0.15, 0.2) is 0 Å². The van der Waals surface area contributed by atoms with Crippen molar-refractivity contribution in [3.05, 3.63) is 0 Å². The molecule has 0 unspecified atom stereocenters. The van der Waals surface area contributed by atoms with Crippen LogP contribution in [0.4, 0.5) is 13.2 Å². The van der Waals surface area contributed by atoms with Crippen molar-refractivity contribution in [2.24, 2.45) is 17.1 Å². The predicted molar refractivity (Wildman–Crippen MR) is 70.5 cm³/mol. The second-order valence-electron chi connectivity index (χ2n) is 5.29. The van der Waals surface area contributed by atoms with Crippen molar-refractivity contribution in [1.29, 1.82) is 0 Å². The average Bonchev–Trinajstić information content (AvgIpc) is 2.21. The first-order chi connectivity index (χ1) is 8.67. The van der Waals surface area contributed by atoms with Gasteiger partial charge in [-0.2, -0.15) is 13.2 Å². The number of carbonyl (C=O) groups excluding carboxylic acids is 1. The van der Waals surface area contributed by atoms with Crippen molar-refractivity contribution in [1.82, 2.24) is 5.32 Å². The summed E-state index contributed by atoms with van der Waals surface area (Å²) >= 11 is 4.93. The van der Waals surface area contributed by atoms with Gasteiger partial charge in [-0.25, -0.2) is 0 Å². The van der Waals surface area contributed by atoms with Crippen LogP contribution in [0.2, 0.25) is 0 Å². The fourth-order valence-corrected chi connectivity index (χ4v) is 2.71. The van der Waals surface area contributed by atoms with E-state index in [0.717, 1.165) is 0 Å². The van der Waals surface area contributed by atoms with Crippen LogP contribution < -0.4 is 11.1 Å². The summed E-state index contributed by atoms with van der Waals surface area (Å²) in [6, 6.07) is 0. The third-order valence-electron chi connectivity index (χ3n) is 3.47. The molecule has 1 fully saturated rings. The molecule has 7 heteroatoms. The van der Waals surface area contributed by atoms with Gasteiger partial charge in [0.25, 0.3) is 0 Å². The van der Waals surface area contributed by atoms with Gasteiger partial charge in [0.1, 0.15) is 0 Å². The van der Waals surface area contributed by atoms with E-state index in [9.17, 15) is 18.0 Å². The van der Waals surface area contributed by atoms with Crippen LogP contribution >= 0.6 is 12.2 Å². The molecule has 0 radical (unpaired) electrons. The lowest BCUT2D eigenvalue weighted by Gasteiger charge is -2.44. The Morgan fingerprint density at radius 1 is 1.42 bits per heavy atom. The minimum atomic E-state index is -4.13. The first-order valence-corrected chi connectivity index (χ1v) is 6.73. The first-order valence-electron chi connectivity index (χ1n) is 6.32. The number of rotatable bonds is 6. The fourth-order valence-electron chi connectivity index (χ4n) is 2.45. The second kappa shape index (κ2) is 6.07. The summed E-state index contributed by atoms with van der Waals surface area (Å²) < 4.78 is 35.8. The molecule has 0 aromatic carbocycles. The molecule has 3 N–H and O–H groups in total. The van der Waals surface area contributed by atoms with Gasteiger partial charge in [0, 0.05) is 13.0 Å². The average molecular weight is 296 g/mol. The number of unbranched alkanes of at least 4 members (excludes halogenated alkanes) is 1. The Hall–Kier alpha value is -0.850. The zero-order chi connectivity index (χ0) is 14.7. The van der Waals surface area contributed by atoms with Crippen LogP contribution in [-0.4, -0.2) is 23.6 Å². The monoisotopic (exact) mass is 296 g/mol. The van der Waals surface area contributed by atoms with Gasteiger partial charge < -0.3 is 11.1 Å². The van der Waals surface area contributed by atoms with Crippen molar-refractivity contribution < 1.29 is 18.0 Å². The lowest BCUT2D eigenvalue weighted by Crippen LogP contribution is -2.56. The van der Waals surface area contributed by atoms with E-state index >= 15 is 0 Å². The number of nitrogens with one attached hydrogen (secondary N) is 1. The number of halogens is 3. The Morgan fingerprint density at radius 3 is 2.42 bits per heavy atom. The largest absolute Gasteiger partial charge is 0.392 e. The summed E-state index contributed by atoms with van der Waals surface area (Å²) in [4.78, 5) is 12.2. The molecule has 1 aliphatic rings. The molecule has 0 aromatic heterocycles. The van der Waals surface area contributed by atoms with E-state index in [2.05, 4.69) is 5.32 Å². The van der Waals surface area contributed by atoms with Crippen LogP contribution in [0.25, 0.3) is 0 Å². The number of carbonyl (C=O) groups is 1. The quantitative estimate of drug-likeness (QED) is 0.585. The van der Waals surface area contributed by atoms with Crippen LogP contribution in [-0.2, 0) is 4.79 Å². The molecule has 0 spiro atoms. The van der Waals surface area contributed by atoms with E-state index in [1.165, 1.54) is 0 Å². The Kier molecular flexibility index (Phi) is 5.18. The first kappa shape index (κ1) is 16.2. The lowest BCUT2D eigenvalue weighted by atomic mass is 9.62. The van der Waals surface area contributed by atoms with Gasteiger partial charge in [-0.15, -0.1) is 0 Å². The predicted octanol–water partition coefficient (Wildman–Crippen LogP) is 2.54. The highest BCUT2D eigenvalue weighted by Crippen LogP contribution is 2.45. The molecule has 0 atom stereocenters. The Bertz CT molecular complexity index is 351. The van der Waals surface area contributed by atoms with E-state index in [1.807, 2.05) is 6.92 Å². The van der Waals surface area contributed by atoms with E-state index < -0.39 is 18.0 Å². The van der Waals surface area contributed by atoms with Crippen molar-refractivity contribution >= 4 is 23.1 Å². The molecule has 110 valence electrons. The molecule has 0 aliphatic heterocycles. The smallest absolute Gasteiger partial charge is 0.389 e. The second-order valence-corrected chi connectivity index (χ2v) is 5.73. The maximum Gasteiger partial charge on any atom is 0.389 e. The standard InChI is InChI=1S/C12H19F3N2OS/c1-8-6-11(7-8,9(16)19)10(18)17-5-3-2-4-12(13,14)15/h8H,2-7H2,1H3,(H2,16,19)(H,17,18). The van der Waals surface area contributed by atoms with E-state index in [-0.39, 0.29) is 23.9 Å². The highest BCUT2D eigenvalue weighted by molar-refractivity contribution is 7.80. The van der Waals surface area contributed by atoms with Gasteiger partial charge in [-0.1, -0.05) is 19.1 Å². The number of thiocarbonyl (C=S) groups is 1. The molecule has 1 rings (SSSR count). The van der Waals surface area contributed by atoms with E-state index in [0.29, 0.717) is 25.2 Å². The van der Waals surface area contributed by atoms with Gasteiger partial charge >= 0.3 is 6.18 Å². The van der Waals surface area contributed by atoms with Crippen molar-refractivity contribution in [2.75, 3.05) is 6.54 Å². The van der Waals surface area contributed by atoms with Gasteiger partial charge in [-0.3, -0.25) is 4.79 Å². The molecule has 0 bridgehead atoms. The number of hydrogen-bond donors (Lipinski definition) is 2. The summed E-state index contributed by atoms with van der Waals surface area (Å²) in [5, 5.41) is 2.64. The summed E-state index contributed by atoms with van der Waals surface area (Å²) in [5.74, 6) is 0.155. The molecule has 3 nitrogen and oxygen atoms in total. The van der Waals surface area contributed by atoms with Crippen LogP contribution in [0.15, 0.2) is 0 Å². The fraction of sp³-hybridized carbons (Fsp3) is 0.833. The third kappa shape index (κ3) is 4.33. The molecular formula is C12H19F3N2OS. The molecule has 1 saturated carbocycles. The molecular weight excluding hydrogens is 277 g/mol. The Labute approximate surface area is 116 Å². The van der Waals surface area contributed by atoms with Crippen LogP contribution in [0.1, 0.15) is 39.0 Å². The minimum Gasteiger partial charge on any atom is -0.392 e. The molecule has 0 saturated heterocycles. The SMILES string of the molecule is CC1CC(C(=O)NCCCCC(F)(F)F)(C(N)=S)C1. The molecule has 1 amide bonds. The van der Waals surface area contributed by atoms with Crippen molar-refractivity contribution in [3.8, 4) is 0 Å². The van der Waals surface area contributed by atoms with Crippen LogP contribution in [0, 0.1) is 11.3 Å². The Balaban J connectivity index is 2.29. The highest BCUT2D eigenvalue weighted by Gasteiger charge is 2.50. The minimum absolute atomic E-state index is 0.0141. The number of amides is 1. The molecule has 0 aromatic rings.